The molecule has 1 aromatic heterocycles. The van der Waals surface area contributed by atoms with E-state index in [1.54, 1.807) is 6.92 Å². The third kappa shape index (κ3) is 4.83. The minimum absolute atomic E-state index is 0.127. The monoisotopic (exact) mass is 409 g/mol. The van der Waals surface area contributed by atoms with E-state index in [0.717, 1.165) is 28.5 Å². The van der Waals surface area contributed by atoms with Crippen LogP contribution in [0.15, 0.2) is 22.7 Å². The number of carbonyl (C=O) groups is 2. The van der Waals surface area contributed by atoms with Crippen molar-refractivity contribution in [2.24, 2.45) is 0 Å². The van der Waals surface area contributed by atoms with Crippen molar-refractivity contribution >= 4 is 44.4 Å². The molecule has 7 heteroatoms. The van der Waals surface area contributed by atoms with E-state index in [-0.39, 0.29) is 18.2 Å². The summed E-state index contributed by atoms with van der Waals surface area (Å²) in [6, 6.07) is 5.60. The Morgan fingerprint density at radius 3 is 2.60 bits per heavy atom. The van der Waals surface area contributed by atoms with Gasteiger partial charge in [-0.05, 0) is 38.2 Å². The largest absolute Gasteiger partial charge is 0.461 e. The van der Waals surface area contributed by atoms with Crippen LogP contribution >= 0.6 is 15.9 Å². The number of nitrogens with one attached hydrogen (secondary N) is 2. The number of nitrogens with zero attached hydrogens (tertiary/aromatic N) is 1. The van der Waals surface area contributed by atoms with Gasteiger partial charge in [-0.3, -0.25) is 4.79 Å². The summed E-state index contributed by atoms with van der Waals surface area (Å²) in [7, 11) is 0. The van der Waals surface area contributed by atoms with Crippen molar-refractivity contribution in [1.29, 1.82) is 0 Å². The topological polar surface area (TPSA) is 74.4 Å². The molecule has 136 valence electrons. The first kappa shape index (κ1) is 19.5. The second-order valence-electron chi connectivity index (χ2n) is 5.61. The van der Waals surface area contributed by atoms with Crippen molar-refractivity contribution in [3.8, 4) is 0 Å². The zero-order chi connectivity index (χ0) is 18.4. The van der Waals surface area contributed by atoms with Gasteiger partial charge < -0.3 is 19.9 Å². The molecule has 6 nitrogen and oxygen atoms in total. The summed E-state index contributed by atoms with van der Waals surface area (Å²) in [5.74, 6) is -0.604. The molecule has 1 amide bonds. The minimum Gasteiger partial charge on any atom is -0.461 e. The fourth-order valence-electron chi connectivity index (χ4n) is 2.65. The van der Waals surface area contributed by atoms with Crippen LogP contribution in [0.25, 0.3) is 10.9 Å². The SMILES string of the molecule is CCOC(=O)c1[nH]c2ccc(Br)cc2c1NC(=O)CCN(CC)CC. The third-order valence-electron chi connectivity index (χ3n) is 4.05. The van der Waals surface area contributed by atoms with Crippen molar-refractivity contribution in [1.82, 2.24) is 9.88 Å². The fraction of sp³-hybridized carbons (Fsp3) is 0.444. The highest BCUT2D eigenvalue weighted by Crippen LogP contribution is 2.31. The van der Waals surface area contributed by atoms with Gasteiger partial charge in [0.15, 0.2) is 0 Å². The number of fused-ring (bicyclic) bond motifs is 1. The number of benzene rings is 1. The second kappa shape index (κ2) is 9.01. The van der Waals surface area contributed by atoms with E-state index >= 15 is 0 Å². The van der Waals surface area contributed by atoms with Crippen LogP contribution in [0.2, 0.25) is 0 Å². The lowest BCUT2D eigenvalue weighted by Gasteiger charge is -2.17. The molecule has 2 aromatic rings. The van der Waals surface area contributed by atoms with Gasteiger partial charge in [-0.2, -0.15) is 0 Å². The number of hydrogen-bond donors (Lipinski definition) is 2. The number of ether oxygens (including phenoxy) is 1. The lowest BCUT2D eigenvalue weighted by atomic mass is 10.2. The zero-order valence-electron chi connectivity index (χ0n) is 14.8. The Labute approximate surface area is 156 Å². The molecular formula is C18H24BrN3O3. The van der Waals surface area contributed by atoms with Gasteiger partial charge in [0.25, 0.3) is 0 Å². The molecule has 0 bridgehead atoms. The molecule has 25 heavy (non-hydrogen) atoms. The van der Waals surface area contributed by atoms with Gasteiger partial charge in [0.1, 0.15) is 5.69 Å². The number of aromatic amines is 1. The van der Waals surface area contributed by atoms with E-state index in [0.29, 0.717) is 18.7 Å². The summed E-state index contributed by atoms with van der Waals surface area (Å²) >= 11 is 3.43. The molecule has 0 fully saturated rings. The maximum Gasteiger partial charge on any atom is 0.356 e. The molecule has 0 saturated carbocycles. The van der Waals surface area contributed by atoms with Gasteiger partial charge in [-0.15, -0.1) is 0 Å². The highest BCUT2D eigenvalue weighted by molar-refractivity contribution is 9.10. The van der Waals surface area contributed by atoms with Gasteiger partial charge in [0.05, 0.1) is 12.3 Å². The zero-order valence-corrected chi connectivity index (χ0v) is 16.4. The Hall–Kier alpha value is -1.86. The average Bonchev–Trinajstić information content (AvgIpc) is 2.94. The van der Waals surface area contributed by atoms with Crippen LogP contribution < -0.4 is 5.32 Å². The molecule has 0 aliphatic rings. The maximum atomic E-state index is 12.4. The lowest BCUT2D eigenvalue weighted by Crippen LogP contribution is -2.27. The van der Waals surface area contributed by atoms with Crippen molar-refractivity contribution < 1.29 is 14.3 Å². The Morgan fingerprint density at radius 2 is 1.96 bits per heavy atom. The number of hydrogen-bond acceptors (Lipinski definition) is 4. The van der Waals surface area contributed by atoms with Crippen molar-refractivity contribution in [3.05, 3.63) is 28.4 Å². The van der Waals surface area contributed by atoms with Crippen molar-refractivity contribution in [2.45, 2.75) is 27.2 Å². The summed E-state index contributed by atoms with van der Waals surface area (Å²) in [4.78, 5) is 29.9. The van der Waals surface area contributed by atoms with Crippen molar-refractivity contribution in [2.75, 3.05) is 31.6 Å². The Bertz CT molecular complexity index is 753. The van der Waals surface area contributed by atoms with Gasteiger partial charge in [-0.25, -0.2) is 4.79 Å². The maximum absolute atomic E-state index is 12.4. The number of amides is 1. The van der Waals surface area contributed by atoms with E-state index < -0.39 is 5.97 Å². The second-order valence-corrected chi connectivity index (χ2v) is 6.53. The molecule has 2 rings (SSSR count). The fourth-order valence-corrected chi connectivity index (χ4v) is 3.01. The molecule has 0 unspecified atom stereocenters. The standard InChI is InChI=1S/C18H24BrN3O3/c1-4-22(5-2)10-9-15(23)21-16-13-11-12(19)7-8-14(13)20-17(16)18(24)25-6-3/h7-8,11,20H,4-6,9-10H2,1-3H3,(H,21,23). The van der Waals surface area contributed by atoms with Crippen LogP contribution in [0.4, 0.5) is 5.69 Å². The molecule has 0 spiro atoms. The smallest absolute Gasteiger partial charge is 0.356 e. The van der Waals surface area contributed by atoms with Gasteiger partial charge in [0.2, 0.25) is 5.91 Å². The molecule has 1 heterocycles. The number of carbonyl (C=O) groups excluding carboxylic acids is 2. The summed E-state index contributed by atoms with van der Waals surface area (Å²) < 4.78 is 5.97. The van der Waals surface area contributed by atoms with Gasteiger partial charge >= 0.3 is 5.97 Å². The van der Waals surface area contributed by atoms with Crippen LogP contribution in [-0.2, 0) is 9.53 Å². The Balaban J connectivity index is 2.27. The average molecular weight is 410 g/mol. The Morgan fingerprint density at radius 1 is 1.24 bits per heavy atom. The first-order valence-electron chi connectivity index (χ1n) is 8.50. The van der Waals surface area contributed by atoms with Crippen molar-refractivity contribution in [3.63, 3.8) is 0 Å². The van der Waals surface area contributed by atoms with E-state index in [1.165, 1.54) is 0 Å². The number of H-pyrrole nitrogens is 1. The van der Waals surface area contributed by atoms with Crippen LogP contribution in [0.3, 0.4) is 0 Å². The number of rotatable bonds is 8. The molecule has 0 aliphatic carbocycles. The predicted octanol–water partition coefficient (Wildman–Crippen LogP) is 3.78. The lowest BCUT2D eigenvalue weighted by molar-refractivity contribution is -0.116. The number of aromatic nitrogens is 1. The van der Waals surface area contributed by atoms with Crippen LogP contribution in [0.1, 0.15) is 37.7 Å². The quantitative estimate of drug-likeness (QED) is 0.650. The van der Waals surface area contributed by atoms with Gasteiger partial charge in [-0.1, -0.05) is 29.8 Å². The summed E-state index contributed by atoms with van der Waals surface area (Å²) in [5, 5.41) is 3.66. The normalized spacial score (nSPS) is 11.1. The summed E-state index contributed by atoms with van der Waals surface area (Å²) in [5.41, 5.74) is 1.51. The van der Waals surface area contributed by atoms with E-state index in [1.807, 2.05) is 18.2 Å². The summed E-state index contributed by atoms with van der Waals surface area (Å²) in [6.07, 6.45) is 0.366. The van der Waals surface area contributed by atoms with Crippen LogP contribution in [-0.4, -0.2) is 48.0 Å². The highest BCUT2D eigenvalue weighted by atomic mass is 79.9. The highest BCUT2D eigenvalue weighted by Gasteiger charge is 2.21. The predicted molar refractivity (Wildman–Crippen MR) is 103 cm³/mol. The molecule has 1 aromatic carbocycles. The molecule has 0 aliphatic heterocycles. The van der Waals surface area contributed by atoms with E-state index in [2.05, 4.69) is 45.0 Å². The van der Waals surface area contributed by atoms with E-state index in [9.17, 15) is 9.59 Å². The summed E-state index contributed by atoms with van der Waals surface area (Å²) in [6.45, 7) is 8.64. The third-order valence-corrected chi connectivity index (χ3v) is 4.55. The molecule has 2 N–H and O–H groups in total. The molecular weight excluding hydrogens is 386 g/mol. The minimum atomic E-state index is -0.478. The number of halogens is 1. The molecule has 0 atom stereocenters. The van der Waals surface area contributed by atoms with Crippen LogP contribution in [0, 0.1) is 0 Å². The Kier molecular flexibility index (Phi) is 7.01. The number of anilines is 1. The number of esters is 1. The molecule has 0 saturated heterocycles. The van der Waals surface area contributed by atoms with Crippen LogP contribution in [0.5, 0.6) is 0 Å². The van der Waals surface area contributed by atoms with E-state index in [4.69, 9.17) is 4.74 Å². The van der Waals surface area contributed by atoms with Gasteiger partial charge in [0, 0.05) is 28.3 Å². The first-order chi connectivity index (χ1) is 12.0. The molecule has 0 radical (unpaired) electrons. The first-order valence-corrected chi connectivity index (χ1v) is 9.29.